The first kappa shape index (κ1) is 17.8. The van der Waals surface area contributed by atoms with Crippen LogP contribution in [0.15, 0.2) is 23.1 Å². The van der Waals surface area contributed by atoms with E-state index < -0.39 is 9.05 Å². The summed E-state index contributed by atoms with van der Waals surface area (Å²) in [6.45, 7) is 4.70. The lowest BCUT2D eigenvalue weighted by atomic mass is 10.2. The Kier molecular flexibility index (Phi) is 6.48. The first-order valence-corrected chi connectivity index (χ1v) is 9.09. The molecule has 0 radical (unpaired) electrons. The molecule has 0 aliphatic carbocycles. The van der Waals surface area contributed by atoms with Gasteiger partial charge in [-0.3, -0.25) is 4.79 Å². The van der Waals surface area contributed by atoms with Crippen LogP contribution in [-0.2, 0) is 9.05 Å². The Morgan fingerprint density at radius 2 is 2.00 bits per heavy atom. The van der Waals surface area contributed by atoms with Gasteiger partial charge in [-0.2, -0.15) is 0 Å². The van der Waals surface area contributed by atoms with Crippen molar-refractivity contribution < 1.29 is 17.9 Å². The van der Waals surface area contributed by atoms with E-state index >= 15 is 0 Å². The topological polar surface area (TPSA) is 63.7 Å². The Hall–Kier alpha value is -1.27. The molecule has 0 atom stereocenters. The third kappa shape index (κ3) is 4.89. The highest BCUT2D eigenvalue weighted by Crippen LogP contribution is 2.28. The van der Waals surface area contributed by atoms with Gasteiger partial charge in [0.15, 0.2) is 0 Å². The number of carbonyl (C=O) groups is 1. The fourth-order valence-electron chi connectivity index (χ4n) is 1.82. The van der Waals surface area contributed by atoms with Gasteiger partial charge in [0.05, 0.1) is 6.61 Å². The second-order valence-corrected chi connectivity index (χ2v) is 7.15. The minimum Gasteiger partial charge on any atom is -0.492 e. The van der Waals surface area contributed by atoms with Crippen molar-refractivity contribution in [3.05, 3.63) is 23.8 Å². The largest absolute Gasteiger partial charge is 0.492 e. The number of benzene rings is 1. The highest BCUT2D eigenvalue weighted by Gasteiger charge is 2.21. The molecule has 21 heavy (non-hydrogen) atoms. The number of ether oxygens (including phenoxy) is 1. The average Bonchev–Trinajstić information content (AvgIpc) is 2.43. The molecule has 1 amide bonds. The Bertz CT molecular complexity index is 601. The van der Waals surface area contributed by atoms with Crippen molar-refractivity contribution in [1.29, 1.82) is 0 Å². The van der Waals surface area contributed by atoms with Gasteiger partial charge in [-0.15, -0.1) is 0 Å². The zero-order valence-corrected chi connectivity index (χ0v) is 14.0. The summed E-state index contributed by atoms with van der Waals surface area (Å²) in [5.74, 6) is -0.0895. The Morgan fingerprint density at radius 1 is 1.33 bits per heavy atom. The van der Waals surface area contributed by atoms with Crippen molar-refractivity contribution in [2.75, 3.05) is 20.2 Å². The van der Waals surface area contributed by atoms with Gasteiger partial charge in [0.1, 0.15) is 10.6 Å². The molecule has 0 unspecified atom stereocenters. The van der Waals surface area contributed by atoms with E-state index in [1.807, 2.05) is 6.92 Å². The van der Waals surface area contributed by atoms with Crippen LogP contribution in [0.1, 0.15) is 37.0 Å². The van der Waals surface area contributed by atoms with Crippen molar-refractivity contribution in [3.8, 4) is 5.75 Å². The summed E-state index contributed by atoms with van der Waals surface area (Å²) in [4.78, 5) is 13.6. The number of nitrogens with zero attached hydrogens (tertiary/aromatic N) is 1. The summed E-state index contributed by atoms with van der Waals surface area (Å²) >= 11 is 0. The minimum atomic E-state index is -3.98. The molecule has 5 nitrogen and oxygen atoms in total. The molecule has 1 aromatic carbocycles. The van der Waals surface area contributed by atoms with E-state index in [1.54, 1.807) is 24.9 Å². The van der Waals surface area contributed by atoms with E-state index in [0.29, 0.717) is 13.2 Å². The molecule has 0 bridgehead atoms. The van der Waals surface area contributed by atoms with Crippen molar-refractivity contribution in [2.45, 2.75) is 31.6 Å². The van der Waals surface area contributed by atoms with E-state index in [4.69, 9.17) is 15.4 Å². The van der Waals surface area contributed by atoms with Gasteiger partial charge >= 0.3 is 0 Å². The van der Waals surface area contributed by atoms with Gasteiger partial charge in [0.25, 0.3) is 15.0 Å². The van der Waals surface area contributed by atoms with Crippen LogP contribution in [0.4, 0.5) is 0 Å². The van der Waals surface area contributed by atoms with E-state index in [2.05, 4.69) is 0 Å². The molecule has 118 valence electrons. The lowest BCUT2D eigenvalue weighted by molar-refractivity contribution is 0.0793. The van der Waals surface area contributed by atoms with E-state index in [-0.39, 0.29) is 22.1 Å². The van der Waals surface area contributed by atoms with Crippen LogP contribution in [0.5, 0.6) is 5.75 Å². The maximum absolute atomic E-state index is 12.2. The van der Waals surface area contributed by atoms with Crippen molar-refractivity contribution in [3.63, 3.8) is 0 Å². The second kappa shape index (κ2) is 7.66. The fraction of sp³-hybridized carbons (Fsp3) is 0.500. The van der Waals surface area contributed by atoms with E-state index in [9.17, 15) is 13.2 Å². The van der Waals surface area contributed by atoms with Crippen LogP contribution in [0.25, 0.3) is 0 Å². The van der Waals surface area contributed by atoms with Crippen molar-refractivity contribution >= 4 is 25.6 Å². The summed E-state index contributed by atoms with van der Waals surface area (Å²) in [7, 11) is 3.11. The lowest BCUT2D eigenvalue weighted by Crippen LogP contribution is -2.27. The maximum Gasteiger partial charge on any atom is 0.265 e. The molecule has 0 fully saturated rings. The van der Waals surface area contributed by atoms with Crippen LogP contribution in [0.2, 0.25) is 0 Å². The van der Waals surface area contributed by atoms with E-state index in [1.165, 1.54) is 12.1 Å². The number of amides is 1. The van der Waals surface area contributed by atoms with Gasteiger partial charge < -0.3 is 9.64 Å². The molecule has 0 saturated carbocycles. The van der Waals surface area contributed by atoms with Gasteiger partial charge in [0.2, 0.25) is 0 Å². The molecular weight excluding hydrogens is 314 g/mol. The fourth-order valence-corrected chi connectivity index (χ4v) is 2.82. The number of rotatable bonds is 7. The molecule has 0 N–H and O–H groups in total. The Morgan fingerprint density at radius 3 is 2.52 bits per heavy atom. The summed E-state index contributed by atoms with van der Waals surface area (Å²) in [5, 5.41) is 0. The van der Waals surface area contributed by atoms with Crippen LogP contribution >= 0.6 is 10.7 Å². The molecule has 7 heteroatoms. The van der Waals surface area contributed by atoms with Crippen molar-refractivity contribution in [2.24, 2.45) is 0 Å². The highest BCUT2D eigenvalue weighted by atomic mass is 35.7. The number of hydrogen-bond acceptors (Lipinski definition) is 4. The molecule has 0 heterocycles. The third-order valence-electron chi connectivity index (χ3n) is 2.95. The first-order valence-electron chi connectivity index (χ1n) is 6.78. The summed E-state index contributed by atoms with van der Waals surface area (Å²) in [6, 6.07) is 4.26. The average molecular weight is 334 g/mol. The molecular formula is C14H20ClNO4S. The molecule has 1 rings (SSSR count). The second-order valence-electron chi connectivity index (χ2n) is 4.61. The third-order valence-corrected chi connectivity index (χ3v) is 4.29. The molecule has 0 aromatic heterocycles. The van der Waals surface area contributed by atoms with Gasteiger partial charge in [0, 0.05) is 29.8 Å². The number of carbonyl (C=O) groups excluding carboxylic acids is 1. The normalized spacial score (nSPS) is 11.2. The van der Waals surface area contributed by atoms with Crippen LogP contribution in [0, 0.1) is 0 Å². The standard InChI is InChI=1S/C14H20ClNO4S/c1-4-6-9-16(3)14(17)11-7-8-12(20-5-2)13(10-11)21(15,18)19/h7-8,10H,4-6,9H2,1-3H3. The predicted molar refractivity (Wildman–Crippen MR) is 82.5 cm³/mol. The summed E-state index contributed by atoms with van der Waals surface area (Å²) in [6.07, 6.45) is 1.86. The summed E-state index contributed by atoms with van der Waals surface area (Å²) < 4.78 is 28.4. The number of halogens is 1. The minimum absolute atomic E-state index is 0.153. The summed E-state index contributed by atoms with van der Waals surface area (Å²) in [5.41, 5.74) is 0.274. The van der Waals surface area contributed by atoms with Crippen LogP contribution in [0.3, 0.4) is 0 Å². The van der Waals surface area contributed by atoms with Crippen LogP contribution < -0.4 is 4.74 Å². The SMILES string of the molecule is CCCCN(C)C(=O)c1ccc(OCC)c(S(=O)(=O)Cl)c1. The number of hydrogen-bond donors (Lipinski definition) is 0. The van der Waals surface area contributed by atoms with Crippen molar-refractivity contribution in [1.82, 2.24) is 4.90 Å². The monoisotopic (exact) mass is 333 g/mol. The Balaban J connectivity index is 3.13. The van der Waals surface area contributed by atoms with E-state index in [0.717, 1.165) is 12.8 Å². The quantitative estimate of drug-likeness (QED) is 0.720. The van der Waals surface area contributed by atoms with Gasteiger partial charge in [-0.1, -0.05) is 13.3 Å². The zero-order valence-electron chi connectivity index (χ0n) is 12.4. The molecule has 0 saturated heterocycles. The number of unbranched alkanes of at least 4 members (excludes halogenated alkanes) is 1. The van der Waals surface area contributed by atoms with Gasteiger partial charge in [-0.05, 0) is 31.5 Å². The van der Waals surface area contributed by atoms with Crippen LogP contribution in [-0.4, -0.2) is 39.4 Å². The maximum atomic E-state index is 12.2. The lowest BCUT2D eigenvalue weighted by Gasteiger charge is -2.17. The molecule has 0 aliphatic heterocycles. The van der Waals surface area contributed by atoms with Gasteiger partial charge in [-0.25, -0.2) is 8.42 Å². The Labute approximate surface area is 130 Å². The molecule has 1 aromatic rings. The molecule has 0 spiro atoms. The predicted octanol–water partition coefficient (Wildman–Crippen LogP) is 2.88. The smallest absolute Gasteiger partial charge is 0.265 e. The first-order chi connectivity index (χ1) is 9.81. The zero-order chi connectivity index (χ0) is 16.0. The molecule has 0 aliphatic rings. The highest BCUT2D eigenvalue weighted by molar-refractivity contribution is 8.13.